The smallest absolute Gasteiger partial charge is 0.126 e. The molecule has 0 aromatic heterocycles. The molecule has 2 atom stereocenters. The van der Waals surface area contributed by atoms with Crippen molar-refractivity contribution in [2.24, 2.45) is 5.92 Å². The highest BCUT2D eigenvalue weighted by atomic mass is 19.1. The van der Waals surface area contributed by atoms with E-state index in [2.05, 4.69) is 31.7 Å². The van der Waals surface area contributed by atoms with Gasteiger partial charge in [-0.05, 0) is 55.2 Å². The van der Waals surface area contributed by atoms with E-state index in [0.29, 0.717) is 5.92 Å². The number of aryl methyl sites for hydroxylation is 1. The number of unbranched alkanes of at least 4 members (excludes halogenated alkanes) is 2. The summed E-state index contributed by atoms with van der Waals surface area (Å²) in [7, 11) is 0. The highest BCUT2D eigenvalue weighted by Crippen LogP contribution is 2.33. The van der Waals surface area contributed by atoms with E-state index < -0.39 is 0 Å². The van der Waals surface area contributed by atoms with Crippen LogP contribution in [0.3, 0.4) is 0 Å². The lowest BCUT2D eigenvalue weighted by molar-refractivity contribution is 0.459. The molecule has 0 aliphatic heterocycles. The van der Waals surface area contributed by atoms with Gasteiger partial charge in [0.25, 0.3) is 0 Å². The Balaban J connectivity index is 1.94. The molecule has 0 saturated heterocycles. The number of rotatable bonds is 8. The van der Waals surface area contributed by atoms with Crippen molar-refractivity contribution >= 4 is 0 Å². The average Bonchev–Trinajstić information content (AvgIpc) is 2.54. The number of benzene rings is 1. The van der Waals surface area contributed by atoms with E-state index in [-0.39, 0.29) is 5.82 Å². The minimum absolute atomic E-state index is 0.0576. The molecule has 0 fully saturated rings. The van der Waals surface area contributed by atoms with Crippen LogP contribution in [0.2, 0.25) is 0 Å². The first-order chi connectivity index (χ1) is 10.7. The average molecular weight is 300 g/mol. The van der Waals surface area contributed by atoms with Gasteiger partial charge in [-0.1, -0.05) is 56.5 Å². The minimum atomic E-state index is -0.0576. The molecule has 1 aliphatic rings. The minimum Gasteiger partial charge on any atom is -0.207 e. The van der Waals surface area contributed by atoms with Crippen molar-refractivity contribution in [1.82, 2.24) is 0 Å². The summed E-state index contributed by atoms with van der Waals surface area (Å²) >= 11 is 0. The second-order valence-electron chi connectivity index (χ2n) is 6.50. The van der Waals surface area contributed by atoms with Gasteiger partial charge in [-0.25, -0.2) is 4.39 Å². The number of halogens is 1. The molecule has 1 heteroatoms. The Kier molecular flexibility index (Phi) is 6.89. The van der Waals surface area contributed by atoms with Gasteiger partial charge in [0.15, 0.2) is 0 Å². The second-order valence-corrected chi connectivity index (χ2v) is 6.50. The summed E-state index contributed by atoms with van der Waals surface area (Å²) in [5, 5.41) is 0. The Morgan fingerprint density at radius 2 is 2.09 bits per heavy atom. The van der Waals surface area contributed by atoms with Crippen LogP contribution < -0.4 is 0 Å². The van der Waals surface area contributed by atoms with Gasteiger partial charge in [0.1, 0.15) is 5.82 Å². The first-order valence-electron chi connectivity index (χ1n) is 8.82. The number of hydrogen-bond acceptors (Lipinski definition) is 0. The fourth-order valence-electron chi connectivity index (χ4n) is 3.31. The maximum Gasteiger partial charge on any atom is 0.126 e. The molecule has 0 amide bonds. The normalized spacial score (nSPS) is 21.0. The summed E-state index contributed by atoms with van der Waals surface area (Å²) in [6.07, 6.45) is 15.8. The third-order valence-corrected chi connectivity index (χ3v) is 4.77. The molecule has 1 aromatic carbocycles. The van der Waals surface area contributed by atoms with Crippen LogP contribution in [0, 0.1) is 11.7 Å². The Labute approximate surface area is 135 Å². The topological polar surface area (TPSA) is 0 Å². The van der Waals surface area contributed by atoms with Gasteiger partial charge in [0, 0.05) is 5.92 Å². The fraction of sp³-hybridized carbons (Fsp3) is 0.524. The number of allylic oxidation sites excluding steroid dienone is 3. The zero-order valence-electron chi connectivity index (χ0n) is 13.9. The van der Waals surface area contributed by atoms with Crippen LogP contribution >= 0.6 is 0 Å². The van der Waals surface area contributed by atoms with E-state index in [1.807, 2.05) is 12.1 Å². The fourth-order valence-corrected chi connectivity index (χ4v) is 3.31. The van der Waals surface area contributed by atoms with E-state index in [0.717, 1.165) is 36.3 Å². The Morgan fingerprint density at radius 3 is 2.73 bits per heavy atom. The predicted molar refractivity (Wildman–Crippen MR) is 93.7 cm³/mol. The van der Waals surface area contributed by atoms with Crippen molar-refractivity contribution in [3.05, 3.63) is 60.0 Å². The van der Waals surface area contributed by atoms with Gasteiger partial charge >= 0.3 is 0 Å². The molecule has 0 spiro atoms. The SMILES string of the molecule is C=CCCc1ccc(C2C=CC(CCCCC)CC2)cc1F. The van der Waals surface area contributed by atoms with Gasteiger partial charge in [-0.2, -0.15) is 0 Å². The van der Waals surface area contributed by atoms with Crippen LogP contribution in [0.4, 0.5) is 4.39 Å². The van der Waals surface area contributed by atoms with E-state index in [9.17, 15) is 4.39 Å². The molecule has 0 bridgehead atoms. The standard InChI is InChI=1S/C21H29F/c1-3-5-7-8-17-10-12-18(13-11-17)20-15-14-19(9-6-4-2)21(22)16-20/h4,10,12,14-18H,2-3,5-9,11,13H2,1H3. The Hall–Kier alpha value is -1.37. The molecule has 0 nitrogen and oxygen atoms in total. The summed E-state index contributed by atoms with van der Waals surface area (Å²) in [5.41, 5.74) is 1.93. The van der Waals surface area contributed by atoms with E-state index >= 15 is 0 Å². The van der Waals surface area contributed by atoms with Crippen LogP contribution in [-0.4, -0.2) is 0 Å². The summed E-state index contributed by atoms with van der Waals surface area (Å²) in [6.45, 7) is 5.95. The molecule has 120 valence electrons. The molecular weight excluding hydrogens is 271 g/mol. The summed E-state index contributed by atoms with van der Waals surface area (Å²) in [5.74, 6) is 1.07. The first-order valence-corrected chi connectivity index (χ1v) is 8.82. The molecule has 1 aromatic rings. The Bertz CT molecular complexity index is 501. The molecular formula is C21H29F. The Morgan fingerprint density at radius 1 is 1.23 bits per heavy atom. The van der Waals surface area contributed by atoms with E-state index in [1.54, 1.807) is 6.07 Å². The van der Waals surface area contributed by atoms with Crippen molar-refractivity contribution in [2.45, 2.75) is 64.2 Å². The maximum atomic E-state index is 14.2. The summed E-state index contributed by atoms with van der Waals surface area (Å²) < 4.78 is 14.2. The summed E-state index contributed by atoms with van der Waals surface area (Å²) in [4.78, 5) is 0. The highest BCUT2D eigenvalue weighted by Gasteiger charge is 2.18. The lowest BCUT2D eigenvalue weighted by Crippen LogP contribution is -2.08. The quantitative estimate of drug-likeness (QED) is 0.376. The van der Waals surface area contributed by atoms with Crippen LogP contribution in [0.15, 0.2) is 43.0 Å². The zero-order valence-corrected chi connectivity index (χ0v) is 13.9. The van der Waals surface area contributed by atoms with Crippen molar-refractivity contribution in [1.29, 1.82) is 0 Å². The molecule has 22 heavy (non-hydrogen) atoms. The van der Waals surface area contributed by atoms with Gasteiger partial charge in [-0.15, -0.1) is 6.58 Å². The number of hydrogen-bond donors (Lipinski definition) is 0. The van der Waals surface area contributed by atoms with Crippen LogP contribution in [0.25, 0.3) is 0 Å². The lowest BCUT2D eigenvalue weighted by atomic mass is 9.82. The molecule has 2 unspecified atom stereocenters. The van der Waals surface area contributed by atoms with E-state index in [4.69, 9.17) is 0 Å². The van der Waals surface area contributed by atoms with Crippen molar-refractivity contribution < 1.29 is 4.39 Å². The highest BCUT2D eigenvalue weighted by molar-refractivity contribution is 5.30. The zero-order chi connectivity index (χ0) is 15.8. The first kappa shape index (κ1) is 17.0. The van der Waals surface area contributed by atoms with Crippen molar-refractivity contribution in [2.75, 3.05) is 0 Å². The van der Waals surface area contributed by atoms with E-state index in [1.165, 1.54) is 32.1 Å². The summed E-state index contributed by atoms with van der Waals surface area (Å²) in [6, 6.07) is 5.80. The van der Waals surface area contributed by atoms with Crippen LogP contribution in [0.1, 0.15) is 68.9 Å². The third kappa shape index (κ3) is 4.83. The maximum absolute atomic E-state index is 14.2. The lowest BCUT2D eigenvalue weighted by Gasteiger charge is -2.23. The van der Waals surface area contributed by atoms with Crippen LogP contribution in [0.5, 0.6) is 0 Å². The van der Waals surface area contributed by atoms with Gasteiger partial charge in [-0.3, -0.25) is 0 Å². The van der Waals surface area contributed by atoms with Gasteiger partial charge in [0.2, 0.25) is 0 Å². The second kappa shape index (κ2) is 8.92. The monoisotopic (exact) mass is 300 g/mol. The third-order valence-electron chi connectivity index (χ3n) is 4.77. The van der Waals surface area contributed by atoms with Gasteiger partial charge in [0.05, 0.1) is 0 Å². The molecule has 0 radical (unpaired) electrons. The van der Waals surface area contributed by atoms with Gasteiger partial charge < -0.3 is 0 Å². The van der Waals surface area contributed by atoms with Crippen molar-refractivity contribution in [3.63, 3.8) is 0 Å². The molecule has 0 N–H and O–H groups in total. The predicted octanol–water partition coefficient (Wildman–Crippen LogP) is 6.57. The van der Waals surface area contributed by atoms with Crippen molar-refractivity contribution in [3.8, 4) is 0 Å². The largest absolute Gasteiger partial charge is 0.207 e. The molecule has 1 aliphatic carbocycles. The molecule has 0 heterocycles. The molecule has 0 saturated carbocycles. The molecule has 2 rings (SSSR count). The van der Waals surface area contributed by atoms with Crippen LogP contribution in [-0.2, 0) is 6.42 Å².